The molecule has 19 heavy (non-hydrogen) atoms. The van der Waals surface area contributed by atoms with E-state index in [9.17, 15) is 8.42 Å². The van der Waals surface area contributed by atoms with Crippen LogP contribution in [0.25, 0.3) is 0 Å². The number of hydrogen-bond acceptors (Lipinski definition) is 4. The maximum Gasteiger partial charge on any atom is 0.241 e. The van der Waals surface area contributed by atoms with Crippen molar-refractivity contribution in [2.75, 3.05) is 0 Å². The van der Waals surface area contributed by atoms with E-state index in [4.69, 9.17) is 0 Å². The van der Waals surface area contributed by atoms with Crippen molar-refractivity contribution in [1.82, 2.24) is 10.0 Å². The molecule has 1 heterocycles. The average Bonchev–Trinajstić information content (AvgIpc) is 2.95. The molecule has 0 spiro atoms. The first-order chi connectivity index (χ1) is 8.99. The number of rotatable bonds is 6. The summed E-state index contributed by atoms with van der Waals surface area (Å²) in [6, 6.07) is 2.18. The van der Waals surface area contributed by atoms with Crippen LogP contribution in [-0.4, -0.2) is 20.5 Å². The van der Waals surface area contributed by atoms with Crippen LogP contribution in [0.3, 0.4) is 0 Å². The van der Waals surface area contributed by atoms with Crippen LogP contribution in [0.2, 0.25) is 0 Å². The zero-order valence-electron chi connectivity index (χ0n) is 11.5. The lowest BCUT2D eigenvalue weighted by Crippen LogP contribution is -2.33. The molecule has 4 nitrogen and oxygen atoms in total. The van der Waals surface area contributed by atoms with Gasteiger partial charge in [-0.25, -0.2) is 13.1 Å². The molecule has 2 N–H and O–H groups in total. The fourth-order valence-corrected chi connectivity index (χ4v) is 5.02. The van der Waals surface area contributed by atoms with Crippen molar-refractivity contribution in [1.29, 1.82) is 0 Å². The molecule has 0 amide bonds. The van der Waals surface area contributed by atoms with Crippen molar-refractivity contribution in [2.45, 2.75) is 63.1 Å². The van der Waals surface area contributed by atoms with E-state index in [1.807, 2.05) is 5.38 Å². The van der Waals surface area contributed by atoms with Gasteiger partial charge in [0.2, 0.25) is 10.0 Å². The molecule has 0 aliphatic heterocycles. The Balaban J connectivity index is 2.09. The van der Waals surface area contributed by atoms with Gasteiger partial charge in [0.15, 0.2) is 0 Å². The molecular weight excluding hydrogens is 280 g/mol. The minimum absolute atomic E-state index is 0.121. The summed E-state index contributed by atoms with van der Waals surface area (Å²) in [6.45, 7) is 4.72. The summed E-state index contributed by atoms with van der Waals surface area (Å²) in [6.07, 6.45) is 4.17. The van der Waals surface area contributed by atoms with E-state index in [-0.39, 0.29) is 6.04 Å². The summed E-state index contributed by atoms with van der Waals surface area (Å²) >= 11 is 1.49. The Bertz CT molecular complexity index is 502. The highest BCUT2D eigenvalue weighted by molar-refractivity contribution is 7.89. The molecule has 2 rings (SSSR count). The number of thiophene rings is 1. The highest BCUT2D eigenvalue weighted by Crippen LogP contribution is 2.25. The minimum atomic E-state index is -3.36. The molecule has 1 saturated carbocycles. The van der Waals surface area contributed by atoms with E-state index in [1.54, 1.807) is 6.07 Å². The van der Waals surface area contributed by atoms with Gasteiger partial charge in [0.25, 0.3) is 0 Å². The Morgan fingerprint density at radius 1 is 1.37 bits per heavy atom. The van der Waals surface area contributed by atoms with Gasteiger partial charge in [-0.3, -0.25) is 0 Å². The van der Waals surface area contributed by atoms with Gasteiger partial charge >= 0.3 is 0 Å². The molecule has 1 fully saturated rings. The first-order valence-electron chi connectivity index (χ1n) is 6.81. The van der Waals surface area contributed by atoms with Crippen LogP contribution in [0.1, 0.15) is 44.4 Å². The molecule has 0 radical (unpaired) electrons. The van der Waals surface area contributed by atoms with Gasteiger partial charge in [-0.1, -0.05) is 26.7 Å². The molecule has 1 aromatic heterocycles. The normalized spacial score (nSPS) is 17.4. The monoisotopic (exact) mass is 302 g/mol. The van der Waals surface area contributed by atoms with Gasteiger partial charge < -0.3 is 5.32 Å². The minimum Gasteiger partial charge on any atom is -0.310 e. The molecule has 0 aromatic carbocycles. The SMILES string of the molecule is CC(C)NCc1sccc1S(=O)(=O)NC1CCCC1. The standard InChI is InChI=1S/C13H22N2O2S2/c1-10(2)14-9-12-13(7-8-18-12)19(16,17)15-11-5-3-4-6-11/h7-8,10-11,14-15H,3-6,9H2,1-2H3. The molecule has 0 unspecified atom stereocenters. The van der Waals surface area contributed by atoms with Crippen molar-refractivity contribution in [2.24, 2.45) is 0 Å². The maximum atomic E-state index is 12.4. The summed E-state index contributed by atoms with van der Waals surface area (Å²) in [5.41, 5.74) is 0. The zero-order chi connectivity index (χ0) is 13.9. The van der Waals surface area contributed by atoms with Gasteiger partial charge in [0, 0.05) is 23.5 Å². The van der Waals surface area contributed by atoms with Crippen LogP contribution in [-0.2, 0) is 16.6 Å². The molecule has 1 aliphatic carbocycles. The van der Waals surface area contributed by atoms with E-state index in [1.165, 1.54) is 11.3 Å². The summed E-state index contributed by atoms with van der Waals surface area (Å²) < 4.78 is 27.6. The Morgan fingerprint density at radius 2 is 2.05 bits per heavy atom. The predicted octanol–water partition coefficient (Wildman–Crippen LogP) is 2.47. The van der Waals surface area contributed by atoms with Gasteiger partial charge in [0.05, 0.1) is 4.90 Å². The summed E-state index contributed by atoms with van der Waals surface area (Å²) in [5.74, 6) is 0. The lowest BCUT2D eigenvalue weighted by molar-refractivity contribution is 0.548. The van der Waals surface area contributed by atoms with Crippen molar-refractivity contribution in [3.8, 4) is 0 Å². The van der Waals surface area contributed by atoms with Crippen molar-refractivity contribution >= 4 is 21.4 Å². The van der Waals surface area contributed by atoms with Gasteiger partial charge in [-0.15, -0.1) is 11.3 Å². The number of nitrogens with one attached hydrogen (secondary N) is 2. The average molecular weight is 302 g/mol. The van der Waals surface area contributed by atoms with Crippen molar-refractivity contribution in [3.63, 3.8) is 0 Å². The predicted molar refractivity (Wildman–Crippen MR) is 78.9 cm³/mol. The first-order valence-corrected chi connectivity index (χ1v) is 9.17. The van der Waals surface area contributed by atoms with Crippen molar-refractivity contribution < 1.29 is 8.42 Å². The summed E-state index contributed by atoms with van der Waals surface area (Å²) in [5, 5.41) is 5.12. The van der Waals surface area contributed by atoms with Crippen LogP contribution >= 0.6 is 11.3 Å². The Morgan fingerprint density at radius 3 is 2.68 bits per heavy atom. The highest BCUT2D eigenvalue weighted by atomic mass is 32.2. The van der Waals surface area contributed by atoms with Gasteiger partial charge in [0.1, 0.15) is 0 Å². The second-order valence-corrected chi connectivity index (χ2v) is 8.03. The molecule has 6 heteroatoms. The molecule has 0 bridgehead atoms. The Labute approximate surface area is 119 Å². The lowest BCUT2D eigenvalue weighted by atomic mass is 10.3. The van der Waals surface area contributed by atoms with Crippen molar-refractivity contribution in [3.05, 3.63) is 16.3 Å². The second kappa shape index (κ2) is 6.35. The summed E-state index contributed by atoms with van der Waals surface area (Å²) in [7, 11) is -3.36. The topological polar surface area (TPSA) is 58.2 Å². The molecule has 1 aromatic rings. The fraction of sp³-hybridized carbons (Fsp3) is 0.692. The third kappa shape index (κ3) is 4.02. The quantitative estimate of drug-likeness (QED) is 0.848. The third-order valence-corrected chi connectivity index (χ3v) is 6.00. The zero-order valence-corrected chi connectivity index (χ0v) is 13.1. The van der Waals surface area contributed by atoms with Crippen LogP contribution in [0.5, 0.6) is 0 Å². The molecule has 1 aliphatic rings. The van der Waals surface area contributed by atoms with E-state index < -0.39 is 10.0 Å². The lowest BCUT2D eigenvalue weighted by Gasteiger charge is -2.13. The summed E-state index contributed by atoms with van der Waals surface area (Å²) in [4.78, 5) is 1.33. The van der Waals surface area contributed by atoms with Crippen LogP contribution in [0.4, 0.5) is 0 Å². The van der Waals surface area contributed by atoms with Gasteiger partial charge in [-0.2, -0.15) is 0 Å². The van der Waals surface area contributed by atoms with E-state index >= 15 is 0 Å². The first kappa shape index (κ1) is 15.0. The Kier molecular flexibility index (Phi) is 5.00. The number of hydrogen-bond donors (Lipinski definition) is 2. The molecule has 0 saturated heterocycles. The molecule has 108 valence electrons. The van der Waals surface area contributed by atoms with E-state index in [2.05, 4.69) is 23.9 Å². The van der Waals surface area contributed by atoms with Gasteiger partial charge in [-0.05, 0) is 24.3 Å². The van der Waals surface area contributed by atoms with E-state index in [0.29, 0.717) is 17.5 Å². The Hall–Kier alpha value is -0.430. The molecular formula is C13H22N2O2S2. The van der Waals surface area contributed by atoms with E-state index in [0.717, 1.165) is 30.6 Å². The smallest absolute Gasteiger partial charge is 0.241 e. The maximum absolute atomic E-state index is 12.4. The largest absolute Gasteiger partial charge is 0.310 e. The second-order valence-electron chi connectivity index (χ2n) is 5.35. The molecule has 0 atom stereocenters. The van der Waals surface area contributed by atoms with Crippen LogP contribution in [0, 0.1) is 0 Å². The number of sulfonamides is 1. The van der Waals surface area contributed by atoms with Crippen LogP contribution < -0.4 is 10.0 Å². The fourth-order valence-electron chi connectivity index (χ4n) is 2.32. The third-order valence-electron chi connectivity index (χ3n) is 3.34. The highest BCUT2D eigenvalue weighted by Gasteiger charge is 2.25. The van der Waals surface area contributed by atoms with Crippen LogP contribution in [0.15, 0.2) is 16.3 Å².